The fraction of sp³-hybridized carbons (Fsp3) is 0.429. The summed E-state index contributed by atoms with van der Waals surface area (Å²) in [5, 5.41) is 17.8. The first-order valence-corrected chi connectivity index (χ1v) is 8.23. The van der Waals surface area contributed by atoms with Gasteiger partial charge in [0.15, 0.2) is 0 Å². The molecule has 0 aromatic heterocycles. The minimum atomic E-state index is -4.81. The second-order valence-corrected chi connectivity index (χ2v) is 7.41. The summed E-state index contributed by atoms with van der Waals surface area (Å²) >= 11 is 0. The number of sulfonamides is 1. The second kappa shape index (κ2) is 6.07. The van der Waals surface area contributed by atoms with Crippen LogP contribution in [0.25, 0.3) is 0 Å². The van der Waals surface area contributed by atoms with Crippen LogP contribution in [0, 0.1) is 30.1 Å². The highest BCUT2D eigenvalue weighted by Crippen LogP contribution is 2.39. The molecule has 130 valence electrons. The minimum Gasteiger partial charge on any atom is -0.481 e. The van der Waals surface area contributed by atoms with Gasteiger partial charge in [-0.3, -0.25) is 4.79 Å². The van der Waals surface area contributed by atoms with Crippen LogP contribution < -0.4 is 0 Å². The molecule has 1 saturated heterocycles. The number of rotatable bonds is 3. The van der Waals surface area contributed by atoms with Gasteiger partial charge >= 0.3 is 12.1 Å². The lowest BCUT2D eigenvalue weighted by atomic mass is 9.96. The molecule has 0 aliphatic carbocycles. The maximum absolute atomic E-state index is 13.0. The van der Waals surface area contributed by atoms with E-state index in [0.29, 0.717) is 4.31 Å². The van der Waals surface area contributed by atoms with Crippen molar-refractivity contribution in [3.8, 4) is 6.07 Å². The van der Waals surface area contributed by atoms with Crippen LogP contribution in [0.5, 0.6) is 0 Å². The monoisotopic (exact) mass is 362 g/mol. The van der Waals surface area contributed by atoms with Crippen LogP contribution in [0.3, 0.4) is 0 Å². The summed E-state index contributed by atoms with van der Waals surface area (Å²) in [5.74, 6) is -5.80. The Morgan fingerprint density at radius 3 is 2.42 bits per heavy atom. The molecule has 6 nitrogen and oxygen atoms in total. The van der Waals surface area contributed by atoms with Gasteiger partial charge < -0.3 is 5.11 Å². The first-order chi connectivity index (χ1) is 11.0. The van der Waals surface area contributed by atoms with Crippen molar-refractivity contribution in [2.45, 2.75) is 18.0 Å². The average Bonchev–Trinajstić information content (AvgIpc) is 2.93. The fourth-order valence-electron chi connectivity index (χ4n) is 2.69. The summed E-state index contributed by atoms with van der Waals surface area (Å²) in [4.78, 5) is 10.8. The van der Waals surface area contributed by atoms with Gasteiger partial charge in [-0.05, 0) is 30.7 Å². The van der Waals surface area contributed by atoms with Crippen LogP contribution in [0.1, 0.15) is 11.1 Å². The van der Waals surface area contributed by atoms with Gasteiger partial charge in [0.25, 0.3) is 0 Å². The first kappa shape index (κ1) is 18.2. The molecule has 0 saturated carbocycles. The molecule has 1 heterocycles. The molecule has 0 bridgehead atoms. The number of aliphatic carboxylic acids is 1. The number of carboxylic acid groups (broad SMARTS) is 1. The van der Waals surface area contributed by atoms with Crippen molar-refractivity contribution in [2.75, 3.05) is 13.1 Å². The molecular weight excluding hydrogens is 349 g/mol. The van der Waals surface area contributed by atoms with Crippen LogP contribution in [0.15, 0.2) is 23.1 Å². The molecule has 1 aliphatic rings. The van der Waals surface area contributed by atoms with Gasteiger partial charge in [0.1, 0.15) is 0 Å². The number of halogens is 3. The molecular formula is C14H13F3N2O4S. The van der Waals surface area contributed by atoms with Crippen LogP contribution in [-0.2, 0) is 14.8 Å². The number of benzene rings is 1. The number of hydrogen-bond acceptors (Lipinski definition) is 4. The highest BCUT2D eigenvalue weighted by Gasteiger charge is 2.55. The number of hydrogen-bond donors (Lipinski definition) is 1. The van der Waals surface area contributed by atoms with Gasteiger partial charge in [-0.15, -0.1) is 0 Å². The second-order valence-electron chi connectivity index (χ2n) is 5.51. The Morgan fingerprint density at radius 1 is 1.38 bits per heavy atom. The normalized spacial score (nSPS) is 22.3. The van der Waals surface area contributed by atoms with Crippen LogP contribution in [-0.4, -0.2) is 43.1 Å². The van der Waals surface area contributed by atoms with Crippen molar-refractivity contribution < 1.29 is 31.5 Å². The van der Waals surface area contributed by atoms with Crippen molar-refractivity contribution in [1.82, 2.24) is 4.31 Å². The number of aryl methyl sites for hydroxylation is 1. The SMILES string of the molecule is Cc1cc(C#N)ccc1S(=O)(=O)N1C[C@@H](C(F)(F)F)[C@H](C(=O)O)C1. The number of carboxylic acids is 1. The van der Waals surface area contributed by atoms with Crippen molar-refractivity contribution in [1.29, 1.82) is 5.26 Å². The molecule has 2 rings (SSSR count). The molecule has 1 fully saturated rings. The summed E-state index contributed by atoms with van der Waals surface area (Å²) in [7, 11) is -4.29. The maximum atomic E-state index is 13.0. The quantitative estimate of drug-likeness (QED) is 0.883. The number of nitrogens with zero attached hydrogens (tertiary/aromatic N) is 2. The fourth-order valence-corrected chi connectivity index (χ4v) is 4.39. The summed E-state index contributed by atoms with van der Waals surface area (Å²) < 4.78 is 64.7. The van der Waals surface area contributed by atoms with Crippen LogP contribution >= 0.6 is 0 Å². The standard InChI is InChI=1S/C14H13F3N2O4S/c1-8-4-9(5-18)2-3-12(8)24(22,23)19-6-10(13(20)21)11(7-19)14(15,16)17/h2-4,10-11H,6-7H2,1H3,(H,20,21)/t10-,11-/m1/s1. The van der Waals surface area contributed by atoms with Crippen molar-refractivity contribution >= 4 is 16.0 Å². The van der Waals surface area contributed by atoms with E-state index in [-0.39, 0.29) is 16.0 Å². The molecule has 24 heavy (non-hydrogen) atoms. The molecule has 0 unspecified atom stereocenters. The highest BCUT2D eigenvalue weighted by molar-refractivity contribution is 7.89. The Morgan fingerprint density at radius 2 is 2.00 bits per heavy atom. The van der Waals surface area contributed by atoms with E-state index in [1.165, 1.54) is 19.1 Å². The van der Waals surface area contributed by atoms with E-state index in [9.17, 15) is 26.4 Å². The zero-order chi connectivity index (χ0) is 18.3. The minimum absolute atomic E-state index is 0.205. The Bertz CT molecular complexity index is 814. The molecule has 0 spiro atoms. The molecule has 1 aromatic rings. The molecule has 0 amide bonds. The van der Waals surface area contributed by atoms with E-state index < -0.39 is 47.1 Å². The zero-order valence-electron chi connectivity index (χ0n) is 12.4. The van der Waals surface area contributed by atoms with E-state index in [4.69, 9.17) is 10.4 Å². The topological polar surface area (TPSA) is 98.5 Å². The van der Waals surface area contributed by atoms with Gasteiger partial charge in [0, 0.05) is 13.1 Å². The predicted octanol–water partition coefficient (Wildman–Crippen LogP) is 1.75. The molecule has 1 aromatic carbocycles. The Hall–Kier alpha value is -2.12. The van der Waals surface area contributed by atoms with Crippen molar-refractivity contribution in [2.24, 2.45) is 11.8 Å². The van der Waals surface area contributed by atoms with Gasteiger partial charge in [-0.25, -0.2) is 8.42 Å². The van der Waals surface area contributed by atoms with E-state index in [0.717, 1.165) is 6.07 Å². The van der Waals surface area contributed by atoms with Crippen LogP contribution in [0.4, 0.5) is 13.2 Å². The Labute approximate surface area is 136 Å². The zero-order valence-corrected chi connectivity index (χ0v) is 13.2. The van der Waals surface area contributed by atoms with Crippen LogP contribution in [0.2, 0.25) is 0 Å². The first-order valence-electron chi connectivity index (χ1n) is 6.79. The number of nitriles is 1. The third kappa shape index (κ3) is 3.22. The summed E-state index contributed by atoms with van der Waals surface area (Å²) in [6.45, 7) is -0.275. The lowest BCUT2D eigenvalue weighted by molar-refractivity contribution is -0.187. The van der Waals surface area contributed by atoms with E-state index >= 15 is 0 Å². The van der Waals surface area contributed by atoms with Crippen molar-refractivity contribution in [3.05, 3.63) is 29.3 Å². The average molecular weight is 362 g/mol. The third-order valence-electron chi connectivity index (χ3n) is 3.95. The molecule has 1 aliphatic heterocycles. The lowest BCUT2D eigenvalue weighted by Crippen LogP contribution is -2.34. The van der Waals surface area contributed by atoms with Gasteiger partial charge in [0.05, 0.1) is 28.4 Å². The van der Waals surface area contributed by atoms with Gasteiger partial charge in [0.2, 0.25) is 10.0 Å². The molecule has 2 atom stereocenters. The smallest absolute Gasteiger partial charge is 0.393 e. The number of alkyl halides is 3. The number of carbonyl (C=O) groups is 1. The lowest BCUT2D eigenvalue weighted by Gasteiger charge is -2.19. The van der Waals surface area contributed by atoms with E-state index in [1.54, 1.807) is 0 Å². The summed E-state index contributed by atoms with van der Waals surface area (Å²) in [6, 6.07) is 5.52. The summed E-state index contributed by atoms with van der Waals surface area (Å²) in [5.41, 5.74) is 0.417. The Kier molecular flexibility index (Phi) is 4.61. The third-order valence-corrected chi connectivity index (χ3v) is 5.94. The maximum Gasteiger partial charge on any atom is 0.393 e. The van der Waals surface area contributed by atoms with Gasteiger partial charge in [-0.2, -0.15) is 22.7 Å². The van der Waals surface area contributed by atoms with E-state index in [1.807, 2.05) is 6.07 Å². The van der Waals surface area contributed by atoms with Gasteiger partial charge in [-0.1, -0.05) is 0 Å². The highest BCUT2D eigenvalue weighted by atomic mass is 32.2. The predicted molar refractivity (Wildman–Crippen MR) is 75.3 cm³/mol. The van der Waals surface area contributed by atoms with E-state index in [2.05, 4.69) is 0 Å². The summed E-state index contributed by atoms with van der Waals surface area (Å²) in [6.07, 6.45) is -4.81. The molecule has 0 radical (unpaired) electrons. The largest absolute Gasteiger partial charge is 0.481 e. The molecule has 1 N–H and O–H groups in total. The molecule has 10 heteroatoms. The Balaban J connectivity index is 2.41. The van der Waals surface area contributed by atoms with Crippen molar-refractivity contribution in [3.63, 3.8) is 0 Å².